The van der Waals surface area contributed by atoms with Crippen molar-refractivity contribution in [2.75, 3.05) is 51.3 Å². The Hall–Kier alpha value is -2.96. The largest absolute Gasteiger partial charge is 0.497 e. The number of epoxide rings is 1. The van der Waals surface area contributed by atoms with Gasteiger partial charge in [-0.15, -0.1) is 0 Å². The highest BCUT2D eigenvalue weighted by Crippen LogP contribution is 2.46. The maximum Gasteiger partial charge on any atom is 0.195 e. The van der Waals surface area contributed by atoms with Crippen LogP contribution in [0.25, 0.3) is 22.0 Å². The van der Waals surface area contributed by atoms with Gasteiger partial charge in [0.1, 0.15) is 11.6 Å². The van der Waals surface area contributed by atoms with E-state index in [9.17, 15) is 4.79 Å². The fourth-order valence-electron chi connectivity index (χ4n) is 4.71. The van der Waals surface area contributed by atoms with E-state index in [0.29, 0.717) is 17.4 Å². The molecule has 3 aromatic rings. The molecule has 1 unspecified atom stereocenters. The average molecular weight is 401 g/mol. The monoisotopic (exact) mass is 401 g/mol. The summed E-state index contributed by atoms with van der Waals surface area (Å²) < 4.78 is 10.8. The highest BCUT2D eigenvalue weighted by molar-refractivity contribution is 6.28. The molecule has 0 bridgehead atoms. The van der Waals surface area contributed by atoms with Crippen LogP contribution in [0.3, 0.4) is 0 Å². The number of ketones is 1. The van der Waals surface area contributed by atoms with Crippen LogP contribution in [-0.2, 0) is 4.74 Å². The number of pyridine rings is 1. The van der Waals surface area contributed by atoms with Crippen molar-refractivity contribution in [2.24, 2.45) is 0 Å². The second-order valence-electron chi connectivity index (χ2n) is 8.19. The maximum absolute atomic E-state index is 13.5. The fraction of sp³-hybridized carbons (Fsp3) is 0.333. The van der Waals surface area contributed by atoms with Crippen LogP contribution in [0.5, 0.6) is 5.75 Å². The van der Waals surface area contributed by atoms with Crippen LogP contribution in [0.2, 0.25) is 0 Å². The quantitative estimate of drug-likeness (QED) is 0.490. The molecule has 2 aromatic carbocycles. The van der Waals surface area contributed by atoms with E-state index < -0.39 is 0 Å². The van der Waals surface area contributed by atoms with E-state index in [1.165, 1.54) is 0 Å². The van der Waals surface area contributed by atoms with Gasteiger partial charge in [-0.05, 0) is 29.8 Å². The summed E-state index contributed by atoms with van der Waals surface area (Å²) in [4.78, 5) is 23.3. The number of aromatic nitrogens is 1. The van der Waals surface area contributed by atoms with Crippen molar-refractivity contribution in [2.45, 2.75) is 6.10 Å². The van der Waals surface area contributed by atoms with Crippen LogP contribution < -0.4 is 9.64 Å². The number of piperazine rings is 1. The number of para-hydroxylation sites is 1. The summed E-state index contributed by atoms with van der Waals surface area (Å²) in [6.07, 6.45) is 0.416. The Bertz CT molecular complexity index is 1160. The molecule has 6 nitrogen and oxygen atoms in total. The molecular weight excluding hydrogens is 378 g/mol. The topological polar surface area (TPSA) is 58.2 Å². The smallest absolute Gasteiger partial charge is 0.195 e. The van der Waals surface area contributed by atoms with E-state index >= 15 is 0 Å². The molecule has 3 aliphatic rings. The minimum absolute atomic E-state index is 0.0586. The molecule has 0 radical (unpaired) electrons. The Morgan fingerprint density at radius 3 is 2.63 bits per heavy atom. The van der Waals surface area contributed by atoms with Crippen molar-refractivity contribution in [1.29, 1.82) is 0 Å². The van der Waals surface area contributed by atoms with Crippen molar-refractivity contribution >= 4 is 22.5 Å². The zero-order valence-corrected chi connectivity index (χ0v) is 16.9. The number of fused-ring (bicyclic) bond motifs is 5. The molecule has 0 saturated carbocycles. The van der Waals surface area contributed by atoms with Gasteiger partial charge in [-0.3, -0.25) is 9.69 Å². The Morgan fingerprint density at radius 1 is 1.07 bits per heavy atom. The van der Waals surface area contributed by atoms with Crippen LogP contribution in [0.15, 0.2) is 42.5 Å². The number of hydrogen-bond donors (Lipinski definition) is 0. The molecule has 1 atom stereocenters. The first kappa shape index (κ1) is 17.9. The molecule has 3 heterocycles. The fourth-order valence-corrected chi connectivity index (χ4v) is 4.71. The minimum Gasteiger partial charge on any atom is -0.497 e. The lowest BCUT2D eigenvalue weighted by Gasteiger charge is -2.36. The zero-order chi connectivity index (χ0) is 20.2. The molecule has 2 aliphatic heterocycles. The summed E-state index contributed by atoms with van der Waals surface area (Å²) >= 11 is 0. The van der Waals surface area contributed by atoms with E-state index in [-0.39, 0.29) is 5.78 Å². The highest BCUT2D eigenvalue weighted by Gasteiger charge is 2.35. The molecule has 0 N–H and O–H groups in total. The normalized spacial score (nSPS) is 20.4. The summed E-state index contributed by atoms with van der Waals surface area (Å²) in [5.41, 5.74) is 4.27. The van der Waals surface area contributed by atoms with Gasteiger partial charge in [0.15, 0.2) is 5.78 Å². The number of carbonyl (C=O) groups excluding carboxylic acids is 1. The summed E-state index contributed by atoms with van der Waals surface area (Å²) in [7, 11) is 1.63. The van der Waals surface area contributed by atoms with Gasteiger partial charge >= 0.3 is 0 Å². The van der Waals surface area contributed by atoms with E-state index in [0.717, 1.165) is 72.7 Å². The first-order valence-electron chi connectivity index (χ1n) is 10.5. The molecular formula is C24H23N3O3. The SMILES string of the molecule is COc1ccc2c(c1)C(=O)c1c-2c(N2CCN(CC3CO3)CC2)nc2ccccc12. The Labute approximate surface area is 175 Å². The lowest BCUT2D eigenvalue weighted by molar-refractivity contribution is 0.104. The Balaban J connectivity index is 1.46. The minimum atomic E-state index is 0.0586. The van der Waals surface area contributed by atoms with E-state index in [4.69, 9.17) is 14.5 Å². The summed E-state index contributed by atoms with van der Waals surface area (Å²) in [6.45, 7) is 5.65. The summed E-state index contributed by atoms with van der Waals surface area (Å²) in [6, 6.07) is 13.7. The first-order chi connectivity index (χ1) is 14.7. The third-order valence-electron chi connectivity index (χ3n) is 6.38. The molecule has 30 heavy (non-hydrogen) atoms. The van der Waals surface area contributed by atoms with Crippen LogP contribution in [0.4, 0.5) is 5.82 Å². The van der Waals surface area contributed by atoms with Crippen molar-refractivity contribution < 1.29 is 14.3 Å². The highest BCUT2D eigenvalue weighted by atomic mass is 16.6. The number of rotatable bonds is 4. The average Bonchev–Trinajstić information content (AvgIpc) is 3.56. The van der Waals surface area contributed by atoms with Crippen molar-refractivity contribution in [1.82, 2.24) is 9.88 Å². The second kappa shape index (κ2) is 6.79. The van der Waals surface area contributed by atoms with Crippen molar-refractivity contribution in [3.05, 3.63) is 53.6 Å². The molecule has 1 aliphatic carbocycles. The summed E-state index contributed by atoms with van der Waals surface area (Å²) in [5, 5.41) is 0.918. The standard InChI is InChI=1S/C24H23N3O3/c1-29-15-6-7-17-19(12-15)23(28)21-18-4-2-3-5-20(18)25-24(22(17)21)27-10-8-26(9-11-27)13-16-14-30-16/h2-7,12,16H,8-11,13-14H2,1H3. The number of benzene rings is 2. The van der Waals surface area contributed by atoms with Crippen LogP contribution >= 0.6 is 0 Å². The molecule has 1 aromatic heterocycles. The number of anilines is 1. The third kappa shape index (κ3) is 2.79. The van der Waals surface area contributed by atoms with Gasteiger partial charge in [0.2, 0.25) is 0 Å². The number of carbonyl (C=O) groups is 1. The molecule has 6 rings (SSSR count). The van der Waals surface area contributed by atoms with Gasteiger partial charge in [-0.1, -0.05) is 18.2 Å². The number of ether oxygens (including phenoxy) is 2. The number of nitrogens with zero attached hydrogens (tertiary/aromatic N) is 3. The van der Waals surface area contributed by atoms with Gasteiger partial charge < -0.3 is 14.4 Å². The number of hydrogen-bond acceptors (Lipinski definition) is 6. The van der Waals surface area contributed by atoms with Gasteiger partial charge in [0.05, 0.1) is 25.3 Å². The van der Waals surface area contributed by atoms with E-state index in [2.05, 4.69) is 9.80 Å². The molecule has 152 valence electrons. The molecule has 2 fully saturated rings. The van der Waals surface area contributed by atoms with E-state index in [1.807, 2.05) is 42.5 Å². The van der Waals surface area contributed by atoms with Gasteiger partial charge in [0.25, 0.3) is 0 Å². The number of methoxy groups -OCH3 is 1. The van der Waals surface area contributed by atoms with E-state index in [1.54, 1.807) is 7.11 Å². The van der Waals surface area contributed by atoms with Crippen LogP contribution in [0.1, 0.15) is 15.9 Å². The van der Waals surface area contributed by atoms with Gasteiger partial charge in [0, 0.05) is 54.8 Å². The van der Waals surface area contributed by atoms with Crippen LogP contribution in [0, 0.1) is 0 Å². The summed E-state index contributed by atoms with van der Waals surface area (Å²) in [5.74, 6) is 1.68. The van der Waals surface area contributed by atoms with Crippen molar-refractivity contribution in [3.8, 4) is 16.9 Å². The maximum atomic E-state index is 13.5. The lowest BCUT2D eigenvalue weighted by atomic mass is 10.0. The predicted molar refractivity (Wildman–Crippen MR) is 116 cm³/mol. The predicted octanol–water partition coefficient (Wildman–Crippen LogP) is 2.98. The van der Waals surface area contributed by atoms with Gasteiger partial charge in [-0.25, -0.2) is 4.98 Å². The zero-order valence-electron chi connectivity index (χ0n) is 16.9. The Morgan fingerprint density at radius 2 is 1.87 bits per heavy atom. The molecule has 0 amide bonds. The second-order valence-corrected chi connectivity index (χ2v) is 8.19. The van der Waals surface area contributed by atoms with Crippen LogP contribution in [-0.4, -0.2) is 68.2 Å². The van der Waals surface area contributed by atoms with Gasteiger partial charge in [-0.2, -0.15) is 0 Å². The molecule has 6 heteroatoms. The lowest BCUT2D eigenvalue weighted by Crippen LogP contribution is -2.48. The molecule has 0 spiro atoms. The Kier molecular flexibility index (Phi) is 4.04. The van der Waals surface area contributed by atoms with Crippen molar-refractivity contribution in [3.63, 3.8) is 0 Å². The first-order valence-corrected chi connectivity index (χ1v) is 10.5. The third-order valence-corrected chi connectivity index (χ3v) is 6.38. The molecule has 2 saturated heterocycles.